The molecule has 0 spiro atoms. The fourth-order valence-electron chi connectivity index (χ4n) is 0.883. The van der Waals surface area contributed by atoms with Gasteiger partial charge >= 0.3 is 27.3 Å². The van der Waals surface area contributed by atoms with Crippen molar-refractivity contribution in [2.45, 2.75) is 0 Å². The monoisotopic (exact) mass is 340 g/mol. The fourth-order valence-corrected chi connectivity index (χ4v) is 0.883. The standard InChI is InChI=1S/C10H10.Pb.2H/c1-3-9-7-5-6-8-10(9)4-2;;;/h3-8H,1-2H2;;;. The van der Waals surface area contributed by atoms with Gasteiger partial charge in [-0.1, -0.05) is 49.6 Å². The van der Waals surface area contributed by atoms with Gasteiger partial charge in [-0.15, -0.1) is 0 Å². The summed E-state index contributed by atoms with van der Waals surface area (Å²) >= 11 is 0. The van der Waals surface area contributed by atoms with Crippen LogP contribution in [-0.2, 0) is 0 Å². The van der Waals surface area contributed by atoms with E-state index in [2.05, 4.69) is 13.2 Å². The second-order valence-electron chi connectivity index (χ2n) is 2.04. The summed E-state index contributed by atoms with van der Waals surface area (Å²) in [4.78, 5) is 0. The number of benzene rings is 1. The number of rotatable bonds is 2. The number of hydrogen-bond acceptors (Lipinski definition) is 0. The van der Waals surface area contributed by atoms with Gasteiger partial charge < -0.3 is 0 Å². The normalized spacial score (nSPS) is 8.00. The van der Waals surface area contributed by atoms with Crippen molar-refractivity contribution in [2.75, 3.05) is 0 Å². The Labute approximate surface area is 87.8 Å². The van der Waals surface area contributed by atoms with Crippen LogP contribution in [0.3, 0.4) is 0 Å². The summed E-state index contributed by atoms with van der Waals surface area (Å²) in [6.45, 7) is 7.38. The molecule has 0 amide bonds. The molecule has 0 fully saturated rings. The van der Waals surface area contributed by atoms with Crippen LogP contribution in [0.15, 0.2) is 37.4 Å². The van der Waals surface area contributed by atoms with Crippen LogP contribution in [0, 0.1) is 0 Å². The van der Waals surface area contributed by atoms with Crippen molar-refractivity contribution in [3.8, 4) is 0 Å². The molecule has 2 radical (unpaired) electrons. The third-order valence-electron chi connectivity index (χ3n) is 1.44. The van der Waals surface area contributed by atoms with Crippen LogP contribution in [0.2, 0.25) is 0 Å². The van der Waals surface area contributed by atoms with Crippen molar-refractivity contribution in [1.82, 2.24) is 0 Å². The van der Waals surface area contributed by atoms with Gasteiger partial charge in [0.25, 0.3) is 0 Å². The van der Waals surface area contributed by atoms with E-state index < -0.39 is 0 Å². The van der Waals surface area contributed by atoms with Gasteiger partial charge in [-0.05, 0) is 11.1 Å². The molecule has 1 heteroatoms. The van der Waals surface area contributed by atoms with Crippen molar-refractivity contribution in [1.29, 1.82) is 0 Å². The Kier molecular flexibility index (Phi) is 5.11. The van der Waals surface area contributed by atoms with Gasteiger partial charge in [0.05, 0.1) is 0 Å². The van der Waals surface area contributed by atoms with E-state index >= 15 is 0 Å². The average Bonchev–Trinajstić information content (AvgIpc) is 2.04. The van der Waals surface area contributed by atoms with Gasteiger partial charge in [0.2, 0.25) is 0 Å². The molecule has 0 aliphatic rings. The molecule has 1 aromatic rings. The first-order chi connectivity index (χ1) is 4.88. The first-order valence-corrected chi connectivity index (χ1v) is 3.22. The van der Waals surface area contributed by atoms with Crippen LogP contribution in [0.5, 0.6) is 0 Å². The van der Waals surface area contributed by atoms with Gasteiger partial charge in [-0.25, -0.2) is 0 Å². The molecular weight excluding hydrogens is 327 g/mol. The van der Waals surface area contributed by atoms with Crippen LogP contribution < -0.4 is 0 Å². The zero-order valence-corrected chi connectivity index (χ0v) is 12.1. The minimum atomic E-state index is 0. The summed E-state index contributed by atoms with van der Waals surface area (Å²) in [6.07, 6.45) is 3.66. The Bertz CT molecular complexity index is 224. The Morgan fingerprint density at radius 2 is 1.27 bits per heavy atom. The quantitative estimate of drug-likeness (QED) is 0.724. The zero-order valence-electron chi connectivity index (χ0n) is 6.59. The minimum absolute atomic E-state index is 0. The SMILES string of the molecule is C=Cc1ccccc1C=C.[PbH2]. The molecule has 0 saturated carbocycles. The molecule has 0 atom stereocenters. The Balaban J connectivity index is 0.000001000. The molecule has 0 unspecified atom stereocenters. The third-order valence-corrected chi connectivity index (χ3v) is 1.44. The maximum atomic E-state index is 3.69. The first kappa shape index (κ1) is 10.6. The maximum absolute atomic E-state index is 3.69. The van der Waals surface area contributed by atoms with Crippen molar-refractivity contribution in [3.05, 3.63) is 48.6 Å². The molecule has 1 rings (SSSR count). The molecule has 1 aromatic carbocycles. The second-order valence-corrected chi connectivity index (χ2v) is 2.04. The van der Waals surface area contributed by atoms with Crippen LogP contribution in [0.1, 0.15) is 11.1 Å². The van der Waals surface area contributed by atoms with Crippen molar-refractivity contribution < 1.29 is 0 Å². The van der Waals surface area contributed by atoms with Gasteiger partial charge in [0, 0.05) is 0 Å². The van der Waals surface area contributed by atoms with E-state index in [-0.39, 0.29) is 27.3 Å². The van der Waals surface area contributed by atoms with E-state index in [1.165, 1.54) is 0 Å². The Hall–Kier alpha value is -0.378. The van der Waals surface area contributed by atoms with Crippen LogP contribution in [0.4, 0.5) is 0 Å². The van der Waals surface area contributed by atoms with E-state index in [1.54, 1.807) is 0 Å². The predicted octanol–water partition coefficient (Wildman–Crippen LogP) is 2.06. The van der Waals surface area contributed by atoms with E-state index in [0.29, 0.717) is 0 Å². The van der Waals surface area contributed by atoms with Crippen molar-refractivity contribution >= 4 is 39.5 Å². The molecule has 0 nitrogen and oxygen atoms in total. The van der Waals surface area contributed by atoms with E-state index in [4.69, 9.17) is 0 Å². The number of hydrogen-bond donors (Lipinski definition) is 0. The summed E-state index contributed by atoms with van der Waals surface area (Å²) < 4.78 is 0. The molecule has 0 aromatic heterocycles. The summed E-state index contributed by atoms with van der Waals surface area (Å²) in [7, 11) is 0. The first-order valence-electron chi connectivity index (χ1n) is 3.22. The van der Waals surface area contributed by atoms with E-state index in [0.717, 1.165) is 11.1 Å². The average molecular weight is 339 g/mol. The van der Waals surface area contributed by atoms with Crippen LogP contribution in [-0.4, -0.2) is 27.3 Å². The third kappa shape index (κ3) is 2.61. The summed E-state index contributed by atoms with van der Waals surface area (Å²) in [5.41, 5.74) is 2.27. The van der Waals surface area contributed by atoms with Crippen molar-refractivity contribution in [2.24, 2.45) is 0 Å². The van der Waals surface area contributed by atoms with E-state index in [1.807, 2.05) is 36.4 Å². The molecular formula is C10H12Pb. The fraction of sp³-hybridized carbons (Fsp3) is 0. The van der Waals surface area contributed by atoms with Gasteiger partial charge in [-0.3, -0.25) is 0 Å². The summed E-state index contributed by atoms with van der Waals surface area (Å²) in [5, 5.41) is 0. The predicted molar refractivity (Wildman–Crippen MR) is 55.2 cm³/mol. The molecule has 0 bridgehead atoms. The molecule has 0 aliphatic heterocycles. The topological polar surface area (TPSA) is 0 Å². The Morgan fingerprint density at radius 1 is 0.909 bits per heavy atom. The van der Waals surface area contributed by atoms with Gasteiger partial charge in [-0.2, -0.15) is 0 Å². The molecule has 56 valence electrons. The molecule has 0 heterocycles. The Morgan fingerprint density at radius 3 is 1.55 bits per heavy atom. The van der Waals surface area contributed by atoms with Gasteiger partial charge in [0.1, 0.15) is 0 Å². The second kappa shape index (κ2) is 5.30. The van der Waals surface area contributed by atoms with Crippen molar-refractivity contribution in [3.63, 3.8) is 0 Å². The van der Waals surface area contributed by atoms with E-state index in [9.17, 15) is 0 Å². The molecule has 0 aliphatic carbocycles. The van der Waals surface area contributed by atoms with Gasteiger partial charge in [0.15, 0.2) is 0 Å². The summed E-state index contributed by atoms with van der Waals surface area (Å²) in [5.74, 6) is 0. The van der Waals surface area contributed by atoms with Crippen LogP contribution in [0.25, 0.3) is 12.2 Å². The molecule has 0 N–H and O–H groups in total. The zero-order chi connectivity index (χ0) is 7.40. The van der Waals surface area contributed by atoms with Crippen LogP contribution >= 0.6 is 0 Å². The summed E-state index contributed by atoms with van der Waals surface area (Å²) in [6, 6.07) is 8.02. The molecule has 0 saturated heterocycles. The molecule has 11 heavy (non-hydrogen) atoms.